The van der Waals surface area contributed by atoms with E-state index in [-0.39, 0.29) is 11.8 Å². The van der Waals surface area contributed by atoms with E-state index < -0.39 is 5.92 Å². The van der Waals surface area contributed by atoms with E-state index in [9.17, 15) is 4.79 Å². The van der Waals surface area contributed by atoms with Crippen molar-refractivity contribution in [3.8, 4) is 0 Å². The molecule has 140 valence electrons. The van der Waals surface area contributed by atoms with Crippen LogP contribution in [-0.2, 0) is 4.79 Å². The average molecular weight is 373 g/mol. The molecule has 0 aromatic heterocycles. The summed E-state index contributed by atoms with van der Waals surface area (Å²) in [5.74, 6) is -0.773. The number of amides is 1. The Morgan fingerprint density at radius 2 is 1.69 bits per heavy atom. The van der Waals surface area contributed by atoms with Crippen LogP contribution in [0.5, 0.6) is 0 Å². The highest BCUT2D eigenvalue weighted by atomic mass is 35.5. The second kappa shape index (κ2) is 9.63. The molecular formula is C22H29ClN2O. The second-order valence-corrected chi connectivity index (χ2v) is 7.21. The highest BCUT2D eigenvalue weighted by molar-refractivity contribution is 6.30. The van der Waals surface area contributed by atoms with Gasteiger partial charge in [0, 0.05) is 23.8 Å². The molecule has 1 amide bonds. The molecule has 0 aliphatic carbocycles. The van der Waals surface area contributed by atoms with Gasteiger partial charge in [0.25, 0.3) is 0 Å². The van der Waals surface area contributed by atoms with Crippen molar-refractivity contribution in [2.75, 3.05) is 18.0 Å². The van der Waals surface area contributed by atoms with Crippen LogP contribution in [0.4, 0.5) is 5.69 Å². The third kappa shape index (κ3) is 4.79. The van der Waals surface area contributed by atoms with E-state index in [1.54, 1.807) is 0 Å². The number of hydrogen-bond donors (Lipinski definition) is 1. The number of carbonyl (C=O) groups excluding carboxylic acids is 1. The topological polar surface area (TPSA) is 46.3 Å². The first kappa shape index (κ1) is 20.3. The molecule has 0 fully saturated rings. The molecular weight excluding hydrogens is 344 g/mol. The van der Waals surface area contributed by atoms with Crippen molar-refractivity contribution < 1.29 is 4.79 Å². The normalized spacial score (nSPS) is 13.2. The quantitative estimate of drug-likeness (QED) is 0.645. The number of anilines is 1. The zero-order valence-electron chi connectivity index (χ0n) is 15.9. The van der Waals surface area contributed by atoms with Crippen LogP contribution >= 0.6 is 11.6 Å². The molecule has 26 heavy (non-hydrogen) atoms. The van der Waals surface area contributed by atoms with Crippen LogP contribution in [0, 0.1) is 0 Å². The van der Waals surface area contributed by atoms with Crippen LogP contribution in [0.15, 0.2) is 48.5 Å². The summed E-state index contributed by atoms with van der Waals surface area (Å²) >= 11 is 6.32. The minimum Gasteiger partial charge on any atom is -0.371 e. The Bertz CT molecular complexity index is 711. The minimum atomic E-state index is -0.390. The molecule has 2 atom stereocenters. The smallest absolute Gasteiger partial charge is 0.225 e. The molecule has 0 aliphatic heterocycles. The highest BCUT2D eigenvalue weighted by Crippen LogP contribution is 2.39. The molecule has 0 saturated heterocycles. The number of benzene rings is 2. The molecule has 2 aromatic rings. The van der Waals surface area contributed by atoms with Crippen LogP contribution in [0.3, 0.4) is 0 Å². The highest BCUT2D eigenvalue weighted by Gasteiger charge is 2.28. The first-order valence-electron chi connectivity index (χ1n) is 9.38. The Morgan fingerprint density at radius 1 is 1.08 bits per heavy atom. The molecule has 0 spiro atoms. The summed E-state index contributed by atoms with van der Waals surface area (Å²) in [6.07, 6.45) is 2.13. The Kier molecular flexibility index (Phi) is 7.52. The van der Waals surface area contributed by atoms with Gasteiger partial charge in [-0.25, -0.2) is 0 Å². The Labute approximate surface area is 162 Å². The fraction of sp³-hybridized carbons (Fsp3) is 0.409. The van der Waals surface area contributed by atoms with Crippen LogP contribution in [-0.4, -0.2) is 19.0 Å². The van der Waals surface area contributed by atoms with Gasteiger partial charge in [-0.15, -0.1) is 0 Å². The van der Waals surface area contributed by atoms with Crippen LogP contribution in [0.1, 0.15) is 56.6 Å². The second-order valence-electron chi connectivity index (χ2n) is 6.77. The number of rotatable bonds is 9. The summed E-state index contributed by atoms with van der Waals surface area (Å²) in [6, 6.07) is 15.7. The summed E-state index contributed by atoms with van der Waals surface area (Å²) in [6.45, 7) is 8.37. The predicted molar refractivity (Wildman–Crippen MR) is 111 cm³/mol. The maximum absolute atomic E-state index is 12.3. The molecule has 2 unspecified atom stereocenters. The Hall–Kier alpha value is -2.00. The lowest BCUT2D eigenvalue weighted by Gasteiger charge is -2.31. The third-order valence-corrected chi connectivity index (χ3v) is 5.01. The summed E-state index contributed by atoms with van der Waals surface area (Å²) in [5.41, 5.74) is 8.97. The number of primary amides is 1. The van der Waals surface area contributed by atoms with E-state index in [1.807, 2.05) is 42.5 Å². The molecule has 0 saturated carbocycles. The SMILES string of the molecule is CCCN(CCC)c1ccc(Cl)cc1C(C)C(C(N)=O)c1ccccc1. The Morgan fingerprint density at radius 3 is 2.23 bits per heavy atom. The Balaban J connectivity index is 2.50. The van der Waals surface area contributed by atoms with Gasteiger partial charge < -0.3 is 10.6 Å². The van der Waals surface area contributed by atoms with Crippen molar-refractivity contribution in [3.63, 3.8) is 0 Å². The third-order valence-electron chi connectivity index (χ3n) is 4.77. The molecule has 2 rings (SSSR count). The van der Waals surface area contributed by atoms with Gasteiger partial charge in [0.2, 0.25) is 5.91 Å². The maximum atomic E-state index is 12.3. The van der Waals surface area contributed by atoms with Gasteiger partial charge in [-0.3, -0.25) is 4.79 Å². The van der Waals surface area contributed by atoms with Crippen molar-refractivity contribution >= 4 is 23.2 Å². The number of nitrogens with two attached hydrogens (primary N) is 1. The lowest BCUT2D eigenvalue weighted by atomic mass is 9.81. The number of nitrogens with zero attached hydrogens (tertiary/aromatic N) is 1. The van der Waals surface area contributed by atoms with Crippen molar-refractivity contribution in [2.45, 2.75) is 45.4 Å². The van der Waals surface area contributed by atoms with Gasteiger partial charge in [0.1, 0.15) is 0 Å². The molecule has 3 nitrogen and oxygen atoms in total. The van der Waals surface area contributed by atoms with Gasteiger partial charge in [0.05, 0.1) is 5.92 Å². The van der Waals surface area contributed by atoms with Crippen LogP contribution in [0.2, 0.25) is 5.02 Å². The zero-order valence-corrected chi connectivity index (χ0v) is 16.7. The molecule has 0 radical (unpaired) electrons. The first-order valence-corrected chi connectivity index (χ1v) is 9.76. The summed E-state index contributed by atoms with van der Waals surface area (Å²) in [7, 11) is 0. The van der Waals surface area contributed by atoms with Gasteiger partial charge in [0.15, 0.2) is 0 Å². The molecule has 2 aromatic carbocycles. The predicted octanol–water partition coefficient (Wildman–Crippen LogP) is 5.34. The summed E-state index contributed by atoms with van der Waals surface area (Å²) in [4.78, 5) is 14.7. The van der Waals surface area contributed by atoms with E-state index >= 15 is 0 Å². The van der Waals surface area contributed by atoms with E-state index in [1.165, 1.54) is 0 Å². The molecule has 0 aliphatic rings. The maximum Gasteiger partial charge on any atom is 0.225 e. The zero-order chi connectivity index (χ0) is 19.1. The summed E-state index contributed by atoms with van der Waals surface area (Å²) in [5, 5.41) is 0.680. The van der Waals surface area contributed by atoms with Crippen LogP contribution in [0.25, 0.3) is 0 Å². The lowest BCUT2D eigenvalue weighted by molar-refractivity contribution is -0.119. The first-order chi connectivity index (χ1) is 12.5. The minimum absolute atomic E-state index is 0.0696. The summed E-state index contributed by atoms with van der Waals surface area (Å²) < 4.78 is 0. The average Bonchev–Trinajstić information content (AvgIpc) is 2.62. The monoisotopic (exact) mass is 372 g/mol. The fourth-order valence-electron chi connectivity index (χ4n) is 3.61. The number of hydrogen-bond acceptors (Lipinski definition) is 2. The van der Waals surface area contributed by atoms with E-state index in [0.717, 1.165) is 42.7 Å². The van der Waals surface area contributed by atoms with Crippen molar-refractivity contribution in [2.24, 2.45) is 5.73 Å². The number of halogens is 1. The van der Waals surface area contributed by atoms with E-state index in [2.05, 4.69) is 31.7 Å². The standard InChI is InChI=1S/C22H29ClN2O/c1-4-13-25(14-5-2)20-12-11-18(23)15-19(20)16(3)21(22(24)26)17-9-7-6-8-10-17/h6-12,15-16,21H,4-5,13-14H2,1-3H3,(H2,24,26). The van der Waals surface area contributed by atoms with E-state index in [0.29, 0.717) is 5.02 Å². The molecule has 0 heterocycles. The van der Waals surface area contributed by atoms with E-state index in [4.69, 9.17) is 17.3 Å². The van der Waals surface area contributed by atoms with Crippen molar-refractivity contribution in [1.29, 1.82) is 0 Å². The van der Waals surface area contributed by atoms with Gasteiger partial charge >= 0.3 is 0 Å². The van der Waals surface area contributed by atoms with Gasteiger partial charge in [-0.1, -0.05) is 62.7 Å². The van der Waals surface area contributed by atoms with Gasteiger partial charge in [-0.05, 0) is 48.1 Å². The van der Waals surface area contributed by atoms with Gasteiger partial charge in [-0.2, -0.15) is 0 Å². The lowest BCUT2D eigenvalue weighted by Crippen LogP contribution is -2.29. The largest absolute Gasteiger partial charge is 0.371 e. The molecule has 2 N–H and O–H groups in total. The number of carbonyl (C=O) groups is 1. The van der Waals surface area contributed by atoms with Crippen LogP contribution < -0.4 is 10.6 Å². The fourth-order valence-corrected chi connectivity index (χ4v) is 3.79. The molecule has 4 heteroatoms. The van der Waals surface area contributed by atoms with Crippen molar-refractivity contribution in [1.82, 2.24) is 0 Å². The molecule has 0 bridgehead atoms. The van der Waals surface area contributed by atoms with Crippen molar-refractivity contribution in [3.05, 3.63) is 64.7 Å².